The Morgan fingerprint density at radius 2 is 2.00 bits per heavy atom. The molecule has 1 aromatic carbocycles. The number of carbonyl (C=O) groups excluding carboxylic acids is 1. The Kier molecular flexibility index (Phi) is 3.94. The fourth-order valence-corrected chi connectivity index (χ4v) is 1.90. The molecule has 0 bridgehead atoms. The van der Waals surface area contributed by atoms with Gasteiger partial charge >= 0.3 is 6.09 Å². The smallest absolute Gasteiger partial charge is 0.408 e. The van der Waals surface area contributed by atoms with Crippen molar-refractivity contribution in [1.82, 2.24) is 5.32 Å². The fourth-order valence-electron chi connectivity index (χ4n) is 1.90. The molecule has 0 aromatic heterocycles. The summed E-state index contributed by atoms with van der Waals surface area (Å²) in [6, 6.07) is 5.58. The number of methoxy groups -OCH3 is 2. The Hall–Kier alpha value is -2.17. The molecule has 19 heavy (non-hydrogen) atoms. The molecule has 5 heteroatoms. The summed E-state index contributed by atoms with van der Waals surface area (Å²) in [5.41, 5.74) is 0.952. The molecule has 0 radical (unpaired) electrons. The number of ether oxygens (including phenoxy) is 3. The summed E-state index contributed by atoms with van der Waals surface area (Å²) in [6.45, 7) is 1.90. The van der Waals surface area contributed by atoms with Gasteiger partial charge in [0.25, 0.3) is 0 Å². The zero-order valence-corrected chi connectivity index (χ0v) is 11.2. The summed E-state index contributed by atoms with van der Waals surface area (Å²) in [6.07, 6.45) is 3.11. The lowest BCUT2D eigenvalue weighted by Gasteiger charge is -2.09. The van der Waals surface area contributed by atoms with E-state index in [0.29, 0.717) is 11.5 Å². The number of amides is 1. The number of alkyl carbamates (subject to hydrolysis) is 1. The van der Waals surface area contributed by atoms with Crippen LogP contribution in [0.2, 0.25) is 0 Å². The van der Waals surface area contributed by atoms with Crippen LogP contribution in [0, 0.1) is 0 Å². The second-order valence-corrected chi connectivity index (χ2v) is 4.28. The predicted molar refractivity (Wildman–Crippen MR) is 71.4 cm³/mol. The molecule has 1 N–H and O–H groups in total. The molecule has 1 aliphatic heterocycles. The van der Waals surface area contributed by atoms with Crippen molar-refractivity contribution in [2.45, 2.75) is 19.1 Å². The highest BCUT2D eigenvalue weighted by Gasteiger charge is 2.27. The molecule has 0 saturated carbocycles. The van der Waals surface area contributed by atoms with Crippen molar-refractivity contribution in [2.24, 2.45) is 0 Å². The van der Waals surface area contributed by atoms with Gasteiger partial charge in [-0.15, -0.1) is 0 Å². The van der Waals surface area contributed by atoms with Gasteiger partial charge in [-0.05, 0) is 30.7 Å². The van der Waals surface area contributed by atoms with Gasteiger partial charge in [-0.3, -0.25) is 0 Å². The first kappa shape index (κ1) is 13.3. The standard InChI is InChI=1S/C14H17NO4/c1-9-11(19-14(16)15-9)6-4-10-5-7-12(17-2)13(8-10)18-3/h4-9,11H,1-3H3,(H,15,16). The molecular weight excluding hydrogens is 246 g/mol. The Labute approximate surface area is 112 Å². The molecule has 0 aliphatic carbocycles. The number of hydrogen-bond acceptors (Lipinski definition) is 4. The van der Waals surface area contributed by atoms with E-state index in [4.69, 9.17) is 14.2 Å². The summed E-state index contributed by atoms with van der Waals surface area (Å²) in [5.74, 6) is 1.35. The maximum atomic E-state index is 11.1. The average molecular weight is 263 g/mol. The molecule has 0 spiro atoms. The van der Waals surface area contributed by atoms with Crippen LogP contribution in [0.25, 0.3) is 6.08 Å². The van der Waals surface area contributed by atoms with Crippen molar-refractivity contribution >= 4 is 12.2 Å². The molecule has 1 amide bonds. The first-order valence-corrected chi connectivity index (χ1v) is 6.01. The number of benzene rings is 1. The Bertz CT molecular complexity index is 498. The van der Waals surface area contributed by atoms with Gasteiger partial charge in [0.05, 0.1) is 20.3 Å². The lowest BCUT2D eigenvalue weighted by atomic mass is 10.1. The number of rotatable bonds is 4. The van der Waals surface area contributed by atoms with E-state index in [1.165, 1.54) is 0 Å². The largest absolute Gasteiger partial charge is 0.493 e. The highest BCUT2D eigenvalue weighted by Crippen LogP contribution is 2.28. The third-order valence-corrected chi connectivity index (χ3v) is 2.97. The third kappa shape index (κ3) is 2.99. The Morgan fingerprint density at radius 1 is 1.26 bits per heavy atom. The highest BCUT2D eigenvalue weighted by atomic mass is 16.6. The average Bonchev–Trinajstić information content (AvgIpc) is 2.74. The Balaban J connectivity index is 2.12. The minimum Gasteiger partial charge on any atom is -0.493 e. The molecular formula is C14H17NO4. The Morgan fingerprint density at radius 3 is 2.58 bits per heavy atom. The zero-order valence-electron chi connectivity index (χ0n) is 11.2. The van der Waals surface area contributed by atoms with Crippen molar-refractivity contribution in [3.05, 3.63) is 29.8 Å². The molecule has 2 rings (SSSR count). The monoisotopic (exact) mass is 263 g/mol. The molecule has 1 fully saturated rings. The molecule has 5 nitrogen and oxygen atoms in total. The second-order valence-electron chi connectivity index (χ2n) is 4.28. The van der Waals surface area contributed by atoms with Gasteiger partial charge in [-0.1, -0.05) is 12.1 Å². The molecule has 1 aromatic rings. The molecule has 2 atom stereocenters. The molecule has 2 unspecified atom stereocenters. The van der Waals surface area contributed by atoms with Crippen molar-refractivity contribution in [1.29, 1.82) is 0 Å². The summed E-state index contributed by atoms with van der Waals surface area (Å²) in [5, 5.41) is 2.69. The zero-order chi connectivity index (χ0) is 13.8. The van der Waals surface area contributed by atoms with Gasteiger partial charge in [0, 0.05) is 0 Å². The van der Waals surface area contributed by atoms with Crippen LogP contribution in [0.4, 0.5) is 4.79 Å². The summed E-state index contributed by atoms with van der Waals surface area (Å²) in [7, 11) is 3.19. The van der Waals surface area contributed by atoms with Crippen LogP contribution in [0.1, 0.15) is 12.5 Å². The minimum absolute atomic E-state index is 0.0242. The number of cyclic esters (lactones) is 1. The van der Waals surface area contributed by atoms with Crippen LogP contribution in [0.3, 0.4) is 0 Å². The van der Waals surface area contributed by atoms with E-state index in [1.807, 2.05) is 37.3 Å². The van der Waals surface area contributed by atoms with E-state index < -0.39 is 0 Å². The van der Waals surface area contributed by atoms with E-state index in [2.05, 4.69) is 5.32 Å². The van der Waals surface area contributed by atoms with Gasteiger partial charge in [-0.25, -0.2) is 4.79 Å². The van der Waals surface area contributed by atoms with Gasteiger partial charge in [-0.2, -0.15) is 0 Å². The van der Waals surface area contributed by atoms with E-state index in [1.54, 1.807) is 14.2 Å². The lowest BCUT2D eigenvalue weighted by Crippen LogP contribution is -2.26. The fraction of sp³-hybridized carbons (Fsp3) is 0.357. The maximum Gasteiger partial charge on any atom is 0.408 e. The van der Waals surface area contributed by atoms with Gasteiger partial charge in [0.2, 0.25) is 0 Å². The highest BCUT2D eigenvalue weighted by molar-refractivity contribution is 5.71. The van der Waals surface area contributed by atoms with Crippen molar-refractivity contribution < 1.29 is 19.0 Å². The molecule has 1 aliphatic rings. The van der Waals surface area contributed by atoms with Gasteiger partial charge in [0.15, 0.2) is 11.5 Å². The van der Waals surface area contributed by atoms with Crippen LogP contribution in [0.5, 0.6) is 11.5 Å². The van der Waals surface area contributed by atoms with Crippen molar-refractivity contribution in [2.75, 3.05) is 14.2 Å². The van der Waals surface area contributed by atoms with Crippen LogP contribution in [-0.2, 0) is 4.74 Å². The van der Waals surface area contributed by atoms with Gasteiger partial charge in [0.1, 0.15) is 6.10 Å². The minimum atomic E-state index is -0.380. The van der Waals surface area contributed by atoms with E-state index in [-0.39, 0.29) is 18.2 Å². The lowest BCUT2D eigenvalue weighted by molar-refractivity contribution is 0.154. The van der Waals surface area contributed by atoms with Gasteiger partial charge < -0.3 is 19.5 Å². The SMILES string of the molecule is COc1ccc(C=CC2OC(=O)NC2C)cc1OC. The summed E-state index contributed by atoms with van der Waals surface area (Å²) < 4.78 is 15.5. The van der Waals surface area contributed by atoms with Crippen LogP contribution in [-0.4, -0.2) is 32.5 Å². The topological polar surface area (TPSA) is 56.8 Å². The number of carbonyl (C=O) groups is 1. The van der Waals surface area contributed by atoms with E-state index in [0.717, 1.165) is 5.56 Å². The quantitative estimate of drug-likeness (QED) is 0.905. The van der Waals surface area contributed by atoms with Crippen molar-refractivity contribution in [3.63, 3.8) is 0 Å². The maximum absolute atomic E-state index is 11.1. The molecule has 1 heterocycles. The third-order valence-electron chi connectivity index (χ3n) is 2.97. The molecule has 1 saturated heterocycles. The van der Waals surface area contributed by atoms with Crippen molar-refractivity contribution in [3.8, 4) is 11.5 Å². The summed E-state index contributed by atoms with van der Waals surface area (Å²) >= 11 is 0. The summed E-state index contributed by atoms with van der Waals surface area (Å²) in [4.78, 5) is 11.1. The van der Waals surface area contributed by atoms with Crippen LogP contribution in [0.15, 0.2) is 24.3 Å². The predicted octanol–water partition coefficient (Wildman–Crippen LogP) is 2.21. The van der Waals surface area contributed by atoms with E-state index >= 15 is 0 Å². The van der Waals surface area contributed by atoms with Crippen LogP contribution >= 0.6 is 0 Å². The second kappa shape index (κ2) is 5.65. The first-order valence-electron chi connectivity index (χ1n) is 6.01. The van der Waals surface area contributed by atoms with E-state index in [9.17, 15) is 4.79 Å². The first-order chi connectivity index (χ1) is 9.13. The molecule has 102 valence electrons. The number of nitrogens with one attached hydrogen (secondary N) is 1. The van der Waals surface area contributed by atoms with Crippen LogP contribution < -0.4 is 14.8 Å². The normalized spacial score (nSPS) is 22.2. The number of hydrogen-bond donors (Lipinski definition) is 1.